The molecule has 1 aliphatic rings. The molecule has 21 heavy (non-hydrogen) atoms. The van der Waals surface area contributed by atoms with E-state index in [1.54, 1.807) is 0 Å². The average molecular weight is 324 g/mol. The van der Waals surface area contributed by atoms with Crippen molar-refractivity contribution in [3.05, 3.63) is 11.8 Å². The van der Waals surface area contributed by atoms with Crippen LogP contribution in [0.25, 0.3) is 0 Å². The van der Waals surface area contributed by atoms with E-state index in [1.165, 1.54) is 11.5 Å². The lowest BCUT2D eigenvalue weighted by molar-refractivity contribution is -2.00. The van der Waals surface area contributed by atoms with E-state index in [0.29, 0.717) is 0 Å². The second-order valence-electron chi connectivity index (χ2n) is 6.25. The molecule has 0 N–H and O–H groups in total. The smallest absolute Gasteiger partial charge is 0.273 e. The van der Waals surface area contributed by atoms with E-state index in [9.17, 15) is 0 Å². The number of nitrogens with zero attached hydrogens (tertiary/aromatic N) is 3. The van der Waals surface area contributed by atoms with Crippen molar-refractivity contribution in [3.63, 3.8) is 0 Å². The highest BCUT2D eigenvalue weighted by molar-refractivity contribution is 5.90. The number of likely N-dealkylation sites (N-methyl/N-ethyl adjacent to an activating group) is 2. The fraction of sp³-hybridized carbons (Fsp3) is 0.769. The Morgan fingerprint density at radius 1 is 1.24 bits per heavy atom. The number of allylic oxidation sites excluding steroid dienone is 1. The van der Waals surface area contributed by atoms with E-state index in [2.05, 4.69) is 69.4 Å². The number of hydrogen-bond donors (Lipinski definition) is 0. The van der Waals surface area contributed by atoms with Crippen molar-refractivity contribution in [3.8, 4) is 0 Å². The monoisotopic (exact) mass is 323 g/mol. The van der Waals surface area contributed by atoms with Gasteiger partial charge in [0, 0.05) is 31.3 Å². The average Bonchev–Trinajstić information content (AvgIpc) is 2.51. The van der Waals surface area contributed by atoms with Gasteiger partial charge < -0.3 is 4.90 Å². The molecule has 0 saturated carbocycles. The van der Waals surface area contributed by atoms with Crippen LogP contribution in [0, 0.1) is 15.7 Å². The largest absolute Gasteiger partial charge is 0.380 e. The van der Waals surface area contributed by atoms with E-state index in [-0.39, 0.29) is 5.41 Å². The summed E-state index contributed by atoms with van der Waals surface area (Å²) >= 11 is 0. The van der Waals surface area contributed by atoms with Crippen LogP contribution in [0.4, 0.5) is 0 Å². The molecule has 0 fully saturated rings. The maximum absolute atomic E-state index is 8.49. The van der Waals surface area contributed by atoms with E-state index in [1.807, 2.05) is 0 Å². The Labute approximate surface area is 129 Å². The Hall–Kier alpha value is -0.860. The Bertz CT molecular complexity index is 403. The predicted octanol–water partition coefficient (Wildman–Crippen LogP) is -3.29. The van der Waals surface area contributed by atoms with Gasteiger partial charge in [-0.05, 0) is 0 Å². The molecule has 0 bridgehead atoms. The van der Waals surface area contributed by atoms with Crippen molar-refractivity contribution < 1.29 is 33.5 Å². The van der Waals surface area contributed by atoms with Gasteiger partial charge in [-0.25, -0.2) is 18.6 Å². The summed E-state index contributed by atoms with van der Waals surface area (Å²) < 4.78 is 36.3. The van der Waals surface area contributed by atoms with Crippen LogP contribution >= 0.6 is 0 Å². The molecular formula is C13H26ClN3O4. The molecule has 1 aliphatic heterocycles. The summed E-state index contributed by atoms with van der Waals surface area (Å²) in [7, 11) is 3.61. The highest BCUT2D eigenvalue weighted by Crippen LogP contribution is 2.26. The van der Waals surface area contributed by atoms with Crippen LogP contribution in [0.3, 0.4) is 0 Å². The number of amidine groups is 1. The molecule has 0 aliphatic carbocycles. The molecule has 0 unspecified atom stereocenters. The summed E-state index contributed by atoms with van der Waals surface area (Å²) in [5, 5.41) is 0. The molecule has 1 rings (SSSR count). The molecule has 0 spiro atoms. The molecule has 7 nitrogen and oxygen atoms in total. The summed E-state index contributed by atoms with van der Waals surface area (Å²) in [6.07, 6.45) is 2.31. The molecule has 1 heterocycles. The summed E-state index contributed by atoms with van der Waals surface area (Å²) in [6.45, 7) is 9.01. The number of halogens is 1. The van der Waals surface area contributed by atoms with Gasteiger partial charge in [-0.1, -0.05) is 20.8 Å². The quantitative estimate of drug-likeness (QED) is 0.494. The predicted molar refractivity (Wildman–Crippen MR) is 69.9 cm³/mol. The zero-order valence-electron chi connectivity index (χ0n) is 13.8. The van der Waals surface area contributed by atoms with Crippen LogP contribution in [0.2, 0.25) is 0 Å². The highest BCUT2D eigenvalue weighted by Gasteiger charge is 2.27. The Balaban J connectivity index is 0.000000690. The third-order valence-electron chi connectivity index (χ3n) is 3.07. The van der Waals surface area contributed by atoms with Crippen molar-refractivity contribution in [2.75, 3.05) is 41.3 Å². The lowest BCUT2D eigenvalue weighted by atomic mass is 9.90. The molecule has 0 amide bonds. The first-order valence-corrected chi connectivity index (χ1v) is 7.77. The molecule has 0 atom stereocenters. The minimum atomic E-state index is -4.94. The van der Waals surface area contributed by atoms with Gasteiger partial charge >= 0.3 is 0 Å². The molecule has 0 saturated heterocycles. The van der Waals surface area contributed by atoms with Gasteiger partial charge in [-0.3, -0.25) is 9.48 Å². The molecule has 0 aromatic carbocycles. The first-order valence-electron chi connectivity index (χ1n) is 6.54. The minimum Gasteiger partial charge on any atom is -0.380 e. The van der Waals surface area contributed by atoms with Crippen LogP contribution in [0.1, 0.15) is 20.8 Å². The second-order valence-corrected chi connectivity index (χ2v) is 7.01. The van der Waals surface area contributed by atoms with Crippen molar-refractivity contribution in [2.45, 2.75) is 20.8 Å². The summed E-state index contributed by atoms with van der Waals surface area (Å²) in [4.78, 5) is 4.53. The minimum absolute atomic E-state index is 0.181. The van der Waals surface area contributed by atoms with Gasteiger partial charge in [0.25, 0.3) is 5.84 Å². The Kier molecular flexibility index (Phi) is 7.11. The topological polar surface area (TPSA) is 102 Å². The van der Waals surface area contributed by atoms with Crippen molar-refractivity contribution >= 4 is 5.84 Å². The molecule has 124 valence electrons. The number of rotatable bonds is 2. The second kappa shape index (κ2) is 7.42. The molecule has 0 aromatic rings. The van der Waals surface area contributed by atoms with Crippen LogP contribution in [-0.4, -0.2) is 61.5 Å². The SMILES string of the molecule is CN1CC[N+](C)=C1/C=C(/N(C)C)C(C)(C)C.[O-][Cl+3]([O-])([O-])[O-]. The van der Waals surface area contributed by atoms with Crippen LogP contribution in [0.15, 0.2) is 11.8 Å². The zero-order chi connectivity index (χ0) is 17.0. The molecule has 8 heteroatoms. The van der Waals surface area contributed by atoms with Gasteiger partial charge in [0.1, 0.15) is 13.1 Å². The standard InChI is InChI=1S/C13H26N3.ClHO4/c1-13(2,3)11(14(4)5)10-12-15(6)8-9-16(12)7;2-1(3,4)5/h10H,8-9H2,1-7H3;(H,2,3,4,5)/q+1;/p-1. The zero-order valence-corrected chi connectivity index (χ0v) is 14.6. The van der Waals surface area contributed by atoms with E-state index in [0.717, 1.165) is 13.1 Å². The Morgan fingerprint density at radius 3 is 1.90 bits per heavy atom. The van der Waals surface area contributed by atoms with Crippen molar-refractivity contribution in [1.29, 1.82) is 0 Å². The van der Waals surface area contributed by atoms with E-state index >= 15 is 0 Å². The lowest BCUT2D eigenvalue weighted by Crippen LogP contribution is -2.68. The summed E-state index contributed by atoms with van der Waals surface area (Å²) in [6, 6.07) is 0. The van der Waals surface area contributed by atoms with Crippen molar-refractivity contribution in [1.82, 2.24) is 9.80 Å². The molecular weight excluding hydrogens is 298 g/mol. The lowest BCUT2D eigenvalue weighted by Gasteiger charge is -2.29. The summed E-state index contributed by atoms with van der Waals surface area (Å²) in [5.41, 5.74) is 1.55. The van der Waals surface area contributed by atoms with Gasteiger partial charge in [0.15, 0.2) is 0 Å². The van der Waals surface area contributed by atoms with Crippen molar-refractivity contribution in [2.24, 2.45) is 5.41 Å². The Morgan fingerprint density at radius 2 is 1.67 bits per heavy atom. The molecule has 0 aromatic heterocycles. The van der Waals surface area contributed by atoms with Gasteiger partial charge in [0.05, 0.1) is 14.1 Å². The fourth-order valence-corrected chi connectivity index (χ4v) is 2.18. The van der Waals surface area contributed by atoms with Crippen LogP contribution < -0.4 is 18.6 Å². The maximum Gasteiger partial charge on any atom is 0.273 e. The fourth-order valence-electron chi connectivity index (χ4n) is 2.18. The van der Waals surface area contributed by atoms with Gasteiger partial charge in [0.2, 0.25) is 0 Å². The van der Waals surface area contributed by atoms with Gasteiger partial charge in [-0.2, -0.15) is 0 Å². The van der Waals surface area contributed by atoms with Crippen LogP contribution in [-0.2, 0) is 0 Å². The third-order valence-corrected chi connectivity index (χ3v) is 3.07. The molecule has 0 radical (unpaired) electrons. The maximum atomic E-state index is 8.49. The first-order chi connectivity index (χ1) is 9.23. The highest BCUT2D eigenvalue weighted by atomic mass is 35.7. The normalized spacial score (nSPS) is 16.9. The van der Waals surface area contributed by atoms with Gasteiger partial charge in [-0.15, -0.1) is 10.2 Å². The third kappa shape index (κ3) is 8.23. The van der Waals surface area contributed by atoms with E-state index < -0.39 is 10.2 Å². The van der Waals surface area contributed by atoms with E-state index in [4.69, 9.17) is 18.6 Å². The summed E-state index contributed by atoms with van der Waals surface area (Å²) in [5.74, 6) is 1.32. The first kappa shape index (κ1) is 20.1. The number of hydrogen-bond acceptors (Lipinski definition) is 6. The van der Waals surface area contributed by atoms with Crippen LogP contribution in [0.5, 0.6) is 0 Å².